The predicted molar refractivity (Wildman–Crippen MR) is 125 cm³/mol. The highest BCUT2D eigenvalue weighted by atomic mass is 32.2. The number of benzene rings is 2. The second-order valence-electron chi connectivity index (χ2n) is 9.42. The summed E-state index contributed by atoms with van der Waals surface area (Å²) in [5, 5.41) is 2.91. The molecule has 2 aromatic carbocycles. The highest BCUT2D eigenvalue weighted by molar-refractivity contribution is 7.92. The number of anilines is 1. The number of halogens is 1. The first-order valence-electron chi connectivity index (χ1n) is 10.4. The zero-order valence-corrected chi connectivity index (χ0v) is 20.0. The molecule has 0 bridgehead atoms. The second kappa shape index (κ2) is 9.39. The van der Waals surface area contributed by atoms with Gasteiger partial charge in [0.05, 0.1) is 5.75 Å². The normalized spacial score (nSPS) is 12.5. The molecule has 0 saturated heterocycles. The number of amides is 1. The standard InChI is InChI=1S/C24H33FN2O3S/c1-7-31(29,30)27-19-10-8-9-18(16-19)24(5,6)13-14-26-22(28)17-11-12-21(25)20(15-17)23(2,3)4/h8-12,15-16,27H,7,13-14H2,1-6H3,(H,26,28). The van der Waals surface area contributed by atoms with Gasteiger partial charge in [0.2, 0.25) is 10.0 Å². The summed E-state index contributed by atoms with van der Waals surface area (Å²) in [6, 6.07) is 11.7. The summed E-state index contributed by atoms with van der Waals surface area (Å²) in [5.74, 6) is -0.554. The van der Waals surface area contributed by atoms with Crippen molar-refractivity contribution in [2.24, 2.45) is 0 Å². The molecule has 0 heterocycles. The zero-order chi connectivity index (χ0) is 23.4. The molecule has 0 radical (unpaired) electrons. The van der Waals surface area contributed by atoms with Crippen LogP contribution in [0.15, 0.2) is 42.5 Å². The van der Waals surface area contributed by atoms with Gasteiger partial charge in [0.1, 0.15) is 5.82 Å². The molecule has 31 heavy (non-hydrogen) atoms. The molecule has 2 rings (SSSR count). The maximum Gasteiger partial charge on any atom is 0.251 e. The Morgan fingerprint density at radius 2 is 1.71 bits per heavy atom. The molecule has 0 spiro atoms. The van der Waals surface area contributed by atoms with Gasteiger partial charge in [-0.1, -0.05) is 46.8 Å². The summed E-state index contributed by atoms with van der Waals surface area (Å²) in [6.07, 6.45) is 0.649. The molecule has 0 aliphatic carbocycles. The lowest BCUT2D eigenvalue weighted by atomic mass is 9.81. The smallest absolute Gasteiger partial charge is 0.251 e. The second-order valence-corrected chi connectivity index (χ2v) is 11.4. The van der Waals surface area contributed by atoms with Gasteiger partial charge in [-0.3, -0.25) is 9.52 Å². The summed E-state index contributed by atoms with van der Waals surface area (Å²) in [6.45, 7) is 11.8. The van der Waals surface area contributed by atoms with Crippen LogP contribution in [0.3, 0.4) is 0 Å². The van der Waals surface area contributed by atoms with E-state index in [0.717, 1.165) is 5.56 Å². The number of carbonyl (C=O) groups is 1. The van der Waals surface area contributed by atoms with Gasteiger partial charge >= 0.3 is 0 Å². The molecule has 7 heteroatoms. The van der Waals surface area contributed by atoms with E-state index < -0.39 is 15.4 Å². The quantitative estimate of drug-likeness (QED) is 0.598. The summed E-state index contributed by atoms with van der Waals surface area (Å²) in [7, 11) is -3.34. The van der Waals surface area contributed by atoms with Crippen molar-refractivity contribution < 1.29 is 17.6 Å². The summed E-state index contributed by atoms with van der Waals surface area (Å²) < 4.78 is 40.4. The maximum absolute atomic E-state index is 14.1. The molecular formula is C24H33FN2O3S. The Bertz CT molecular complexity index is 1040. The molecule has 2 N–H and O–H groups in total. The van der Waals surface area contributed by atoms with Crippen LogP contribution in [0.2, 0.25) is 0 Å². The fraction of sp³-hybridized carbons (Fsp3) is 0.458. The van der Waals surface area contributed by atoms with Gasteiger partial charge in [-0.25, -0.2) is 12.8 Å². The van der Waals surface area contributed by atoms with Crippen molar-refractivity contribution in [2.75, 3.05) is 17.0 Å². The number of rotatable bonds is 8. The molecule has 0 aliphatic heterocycles. The van der Waals surface area contributed by atoms with Crippen molar-refractivity contribution in [3.63, 3.8) is 0 Å². The Morgan fingerprint density at radius 1 is 1.03 bits per heavy atom. The van der Waals surface area contributed by atoms with Gasteiger partial charge in [0.15, 0.2) is 0 Å². The summed E-state index contributed by atoms with van der Waals surface area (Å²) >= 11 is 0. The third-order valence-corrected chi connectivity index (χ3v) is 6.68. The van der Waals surface area contributed by atoms with Crippen molar-refractivity contribution in [3.8, 4) is 0 Å². The fourth-order valence-corrected chi connectivity index (χ4v) is 3.86. The van der Waals surface area contributed by atoms with Gasteiger partial charge in [-0.2, -0.15) is 0 Å². The van der Waals surface area contributed by atoms with Gasteiger partial charge in [-0.15, -0.1) is 0 Å². The van der Waals surface area contributed by atoms with Crippen molar-refractivity contribution in [1.29, 1.82) is 0 Å². The van der Waals surface area contributed by atoms with Gasteiger partial charge in [0, 0.05) is 17.8 Å². The Kier molecular flexibility index (Phi) is 7.53. The lowest BCUT2D eigenvalue weighted by molar-refractivity contribution is 0.0951. The molecule has 0 saturated carbocycles. The van der Waals surface area contributed by atoms with Crippen molar-refractivity contribution in [2.45, 2.75) is 58.8 Å². The largest absolute Gasteiger partial charge is 0.352 e. The molecule has 0 unspecified atom stereocenters. The number of sulfonamides is 1. The van der Waals surface area contributed by atoms with Crippen LogP contribution in [0, 0.1) is 5.82 Å². The molecule has 0 fully saturated rings. The van der Waals surface area contributed by atoms with Crippen molar-refractivity contribution in [1.82, 2.24) is 5.32 Å². The maximum atomic E-state index is 14.1. The lowest BCUT2D eigenvalue weighted by Crippen LogP contribution is -2.30. The first-order valence-corrected chi connectivity index (χ1v) is 12.1. The number of hydrogen-bond donors (Lipinski definition) is 2. The third-order valence-electron chi connectivity index (χ3n) is 5.37. The molecule has 0 aliphatic rings. The highest BCUT2D eigenvalue weighted by Crippen LogP contribution is 2.29. The average Bonchev–Trinajstić information content (AvgIpc) is 2.67. The van der Waals surface area contributed by atoms with Crippen LogP contribution in [0.1, 0.15) is 69.4 Å². The third kappa shape index (κ3) is 6.79. The van der Waals surface area contributed by atoms with Crippen LogP contribution in [-0.2, 0) is 20.9 Å². The minimum absolute atomic E-state index is 0.00691. The van der Waals surface area contributed by atoms with Crippen LogP contribution in [0.5, 0.6) is 0 Å². The van der Waals surface area contributed by atoms with Crippen LogP contribution in [-0.4, -0.2) is 26.6 Å². The van der Waals surface area contributed by atoms with E-state index >= 15 is 0 Å². The van der Waals surface area contributed by atoms with E-state index in [1.807, 2.05) is 52.8 Å². The molecular weight excluding hydrogens is 415 g/mol. The number of hydrogen-bond acceptors (Lipinski definition) is 3. The van der Waals surface area contributed by atoms with E-state index in [4.69, 9.17) is 0 Å². The van der Waals surface area contributed by atoms with E-state index in [1.54, 1.807) is 19.1 Å². The van der Waals surface area contributed by atoms with E-state index in [-0.39, 0.29) is 22.9 Å². The fourth-order valence-electron chi connectivity index (χ4n) is 3.23. The SMILES string of the molecule is CCS(=O)(=O)Nc1cccc(C(C)(C)CCNC(=O)c2ccc(F)c(C(C)(C)C)c2)c1. The number of nitrogens with one attached hydrogen (secondary N) is 2. The van der Waals surface area contributed by atoms with Crippen molar-refractivity contribution in [3.05, 3.63) is 65.0 Å². The van der Waals surface area contributed by atoms with Gasteiger partial charge in [0.25, 0.3) is 5.91 Å². The summed E-state index contributed by atoms with van der Waals surface area (Å²) in [5.41, 5.74) is 1.74. The minimum atomic E-state index is -3.34. The van der Waals surface area contributed by atoms with Gasteiger partial charge in [-0.05, 0) is 65.6 Å². The van der Waals surface area contributed by atoms with E-state index in [9.17, 15) is 17.6 Å². The molecule has 170 valence electrons. The van der Waals surface area contributed by atoms with E-state index in [0.29, 0.717) is 29.8 Å². The van der Waals surface area contributed by atoms with E-state index in [2.05, 4.69) is 10.0 Å². The van der Waals surface area contributed by atoms with E-state index in [1.165, 1.54) is 12.1 Å². The molecule has 5 nitrogen and oxygen atoms in total. The van der Waals surface area contributed by atoms with Crippen LogP contribution >= 0.6 is 0 Å². The lowest BCUT2D eigenvalue weighted by Gasteiger charge is -2.26. The Balaban J connectivity index is 2.06. The Hall–Kier alpha value is -2.41. The minimum Gasteiger partial charge on any atom is -0.352 e. The molecule has 0 aromatic heterocycles. The monoisotopic (exact) mass is 448 g/mol. The zero-order valence-electron chi connectivity index (χ0n) is 19.2. The highest BCUT2D eigenvalue weighted by Gasteiger charge is 2.23. The first kappa shape index (κ1) is 24.9. The molecule has 0 atom stereocenters. The Morgan fingerprint density at radius 3 is 2.32 bits per heavy atom. The predicted octanol–water partition coefficient (Wildman–Crippen LogP) is 4.98. The van der Waals surface area contributed by atoms with Crippen LogP contribution < -0.4 is 10.0 Å². The van der Waals surface area contributed by atoms with Gasteiger partial charge < -0.3 is 5.32 Å². The van der Waals surface area contributed by atoms with Crippen molar-refractivity contribution >= 4 is 21.6 Å². The van der Waals surface area contributed by atoms with Crippen LogP contribution in [0.4, 0.5) is 10.1 Å². The van der Waals surface area contributed by atoms with Crippen LogP contribution in [0.25, 0.3) is 0 Å². The molecule has 2 aromatic rings. The topological polar surface area (TPSA) is 75.3 Å². The number of carbonyl (C=O) groups excluding carboxylic acids is 1. The summed E-state index contributed by atoms with van der Waals surface area (Å²) in [4.78, 5) is 12.6. The average molecular weight is 449 g/mol. The first-order chi connectivity index (χ1) is 14.2. The Labute approximate surface area is 185 Å². The molecule has 1 amide bonds.